The van der Waals surface area contributed by atoms with Gasteiger partial charge in [-0.1, -0.05) is 18.2 Å². The second-order valence-electron chi connectivity index (χ2n) is 3.76. The Labute approximate surface area is 98.0 Å². The first-order valence-corrected chi connectivity index (χ1v) is 5.15. The predicted octanol–water partition coefficient (Wildman–Crippen LogP) is 0.390. The van der Waals surface area contributed by atoms with Gasteiger partial charge in [0.15, 0.2) is 5.78 Å². The van der Waals surface area contributed by atoms with Gasteiger partial charge < -0.3 is 4.74 Å². The number of nitrogens with zero attached hydrogens (tertiary/aromatic N) is 1. The summed E-state index contributed by atoms with van der Waals surface area (Å²) in [5.41, 5.74) is 0. The van der Waals surface area contributed by atoms with Gasteiger partial charge in [-0.25, -0.2) is 0 Å². The summed E-state index contributed by atoms with van der Waals surface area (Å²) in [4.78, 5) is 34.3. The zero-order chi connectivity index (χ0) is 12.4. The Morgan fingerprint density at radius 1 is 1.35 bits per heavy atom. The van der Waals surface area contributed by atoms with Gasteiger partial charge in [0.25, 0.3) is 5.91 Å². The molecule has 0 N–H and O–H groups in total. The monoisotopic (exact) mass is 233 g/mol. The number of carbonyl (C=O) groups excluding carboxylic acids is 3. The molecule has 0 spiro atoms. The van der Waals surface area contributed by atoms with E-state index in [1.54, 1.807) is 24.3 Å². The first kappa shape index (κ1) is 11.3. The number of ketones is 1. The van der Waals surface area contributed by atoms with Gasteiger partial charge in [0.05, 0.1) is 0 Å². The standard InChI is InChI=1S/C12H11NO4/c1-8(15)10-11(12(16)13(10)7-14)17-9-5-3-2-4-6-9/h2-7,10-11H,1H3/t10-,11+/m0/s1. The number of amides is 2. The zero-order valence-corrected chi connectivity index (χ0v) is 9.20. The molecule has 0 aliphatic carbocycles. The molecule has 88 valence electrons. The molecule has 1 aromatic rings. The highest BCUT2D eigenvalue weighted by atomic mass is 16.5. The average molecular weight is 233 g/mol. The van der Waals surface area contributed by atoms with E-state index in [0.29, 0.717) is 12.2 Å². The minimum atomic E-state index is -0.889. The van der Waals surface area contributed by atoms with Crippen LogP contribution in [-0.2, 0) is 14.4 Å². The SMILES string of the molecule is CC(=O)[C@H]1[C@@H](Oc2ccccc2)C(=O)N1C=O. The molecule has 2 atom stereocenters. The van der Waals surface area contributed by atoms with Crippen molar-refractivity contribution in [2.45, 2.75) is 19.1 Å². The molecule has 0 saturated carbocycles. The number of hydrogen-bond donors (Lipinski definition) is 0. The number of likely N-dealkylation sites (tertiary alicyclic amines) is 1. The van der Waals surface area contributed by atoms with Crippen LogP contribution in [0.1, 0.15) is 6.92 Å². The summed E-state index contributed by atoms with van der Waals surface area (Å²) in [6.07, 6.45) is -0.528. The van der Waals surface area contributed by atoms with Crippen LogP contribution in [0.15, 0.2) is 30.3 Å². The van der Waals surface area contributed by atoms with E-state index in [-0.39, 0.29) is 5.78 Å². The summed E-state index contributed by atoms with van der Waals surface area (Å²) >= 11 is 0. The summed E-state index contributed by atoms with van der Waals surface area (Å²) in [7, 11) is 0. The first-order chi connectivity index (χ1) is 8.15. The Morgan fingerprint density at radius 2 is 2.00 bits per heavy atom. The van der Waals surface area contributed by atoms with Crippen molar-refractivity contribution in [2.24, 2.45) is 0 Å². The number of imide groups is 1. The number of para-hydroxylation sites is 1. The summed E-state index contributed by atoms with van der Waals surface area (Å²) in [6.45, 7) is 1.33. The normalized spacial score (nSPS) is 22.9. The van der Waals surface area contributed by atoms with Crippen molar-refractivity contribution in [3.63, 3.8) is 0 Å². The number of Topliss-reactive ketones (excluding diaryl/α,β-unsaturated/α-hetero) is 1. The molecule has 2 amide bonds. The number of carbonyl (C=O) groups is 3. The fraction of sp³-hybridized carbons (Fsp3) is 0.250. The highest BCUT2D eigenvalue weighted by Crippen LogP contribution is 2.24. The van der Waals surface area contributed by atoms with E-state index in [2.05, 4.69) is 0 Å². The third-order valence-electron chi connectivity index (χ3n) is 2.62. The highest BCUT2D eigenvalue weighted by Gasteiger charge is 2.52. The molecule has 0 radical (unpaired) electrons. The quantitative estimate of drug-likeness (QED) is 0.557. The van der Waals surface area contributed by atoms with E-state index in [0.717, 1.165) is 4.90 Å². The van der Waals surface area contributed by atoms with Crippen LogP contribution in [0.4, 0.5) is 0 Å². The first-order valence-electron chi connectivity index (χ1n) is 5.15. The van der Waals surface area contributed by atoms with Crippen molar-refractivity contribution in [3.05, 3.63) is 30.3 Å². The van der Waals surface area contributed by atoms with Crippen molar-refractivity contribution >= 4 is 18.1 Å². The summed E-state index contributed by atoms with van der Waals surface area (Å²) in [5, 5.41) is 0. The number of hydrogen-bond acceptors (Lipinski definition) is 4. The van der Waals surface area contributed by atoms with Gasteiger partial charge in [0.1, 0.15) is 11.8 Å². The number of β-lactam (4-membered cyclic amide) rings is 1. The smallest absolute Gasteiger partial charge is 0.273 e. The fourth-order valence-corrected chi connectivity index (χ4v) is 1.77. The average Bonchev–Trinajstić information content (AvgIpc) is 2.33. The molecule has 1 aliphatic rings. The predicted molar refractivity (Wildman–Crippen MR) is 58.2 cm³/mol. The van der Waals surface area contributed by atoms with Gasteiger partial charge in [-0.05, 0) is 19.1 Å². The van der Waals surface area contributed by atoms with Gasteiger partial charge in [0.2, 0.25) is 12.5 Å². The molecule has 1 heterocycles. The Hall–Kier alpha value is -2.17. The molecule has 1 saturated heterocycles. The molecule has 0 unspecified atom stereocenters. The van der Waals surface area contributed by atoms with Gasteiger partial charge in [-0.3, -0.25) is 19.3 Å². The van der Waals surface area contributed by atoms with E-state index in [9.17, 15) is 14.4 Å². The number of rotatable bonds is 4. The zero-order valence-electron chi connectivity index (χ0n) is 9.20. The van der Waals surface area contributed by atoms with Crippen LogP contribution in [-0.4, -0.2) is 35.1 Å². The summed E-state index contributed by atoms with van der Waals surface area (Å²) in [5.74, 6) is -0.246. The van der Waals surface area contributed by atoms with Crippen LogP contribution in [0.25, 0.3) is 0 Å². The van der Waals surface area contributed by atoms with Crippen molar-refractivity contribution in [2.75, 3.05) is 0 Å². The van der Waals surface area contributed by atoms with Crippen LogP contribution in [0, 0.1) is 0 Å². The molecule has 5 heteroatoms. The maximum atomic E-state index is 11.5. The third kappa shape index (κ3) is 1.91. The Balaban J connectivity index is 2.14. The Morgan fingerprint density at radius 3 is 2.53 bits per heavy atom. The van der Waals surface area contributed by atoms with E-state index in [4.69, 9.17) is 4.74 Å². The van der Waals surface area contributed by atoms with Crippen molar-refractivity contribution < 1.29 is 19.1 Å². The number of benzene rings is 1. The molecule has 1 fully saturated rings. The van der Waals surface area contributed by atoms with Gasteiger partial charge >= 0.3 is 0 Å². The second kappa shape index (κ2) is 4.37. The lowest BCUT2D eigenvalue weighted by Gasteiger charge is -2.41. The highest BCUT2D eigenvalue weighted by molar-refractivity contribution is 6.06. The lowest BCUT2D eigenvalue weighted by atomic mass is 9.95. The van der Waals surface area contributed by atoms with E-state index in [1.807, 2.05) is 6.07 Å². The topological polar surface area (TPSA) is 63.7 Å². The van der Waals surface area contributed by atoms with Crippen LogP contribution >= 0.6 is 0 Å². The summed E-state index contributed by atoms with van der Waals surface area (Å²) < 4.78 is 5.40. The van der Waals surface area contributed by atoms with Crippen molar-refractivity contribution in [1.29, 1.82) is 0 Å². The van der Waals surface area contributed by atoms with Gasteiger partial charge in [0, 0.05) is 0 Å². The van der Waals surface area contributed by atoms with Crippen molar-refractivity contribution in [3.8, 4) is 5.75 Å². The summed E-state index contributed by atoms with van der Waals surface area (Å²) in [6, 6.07) is 7.91. The molecular weight excluding hydrogens is 222 g/mol. The molecule has 1 aromatic carbocycles. The molecule has 17 heavy (non-hydrogen) atoms. The maximum Gasteiger partial charge on any atom is 0.273 e. The molecule has 0 bridgehead atoms. The molecule has 2 rings (SSSR count). The van der Waals surface area contributed by atoms with Crippen LogP contribution in [0.3, 0.4) is 0 Å². The molecule has 1 aliphatic heterocycles. The van der Waals surface area contributed by atoms with Crippen molar-refractivity contribution in [1.82, 2.24) is 4.90 Å². The van der Waals surface area contributed by atoms with Gasteiger partial charge in [-0.15, -0.1) is 0 Å². The van der Waals surface area contributed by atoms with Crippen LogP contribution < -0.4 is 4.74 Å². The Kier molecular flexibility index (Phi) is 2.91. The number of ether oxygens (including phenoxy) is 1. The van der Waals surface area contributed by atoms with E-state index < -0.39 is 18.1 Å². The minimum Gasteiger partial charge on any atom is -0.478 e. The second-order valence-corrected chi connectivity index (χ2v) is 3.76. The largest absolute Gasteiger partial charge is 0.478 e. The van der Waals surface area contributed by atoms with Crippen LogP contribution in [0.5, 0.6) is 5.75 Å². The molecule has 0 aromatic heterocycles. The lowest BCUT2D eigenvalue weighted by molar-refractivity contribution is -0.170. The third-order valence-corrected chi connectivity index (χ3v) is 2.62. The maximum absolute atomic E-state index is 11.5. The van der Waals surface area contributed by atoms with E-state index in [1.165, 1.54) is 6.92 Å². The molecular formula is C12H11NO4. The lowest BCUT2D eigenvalue weighted by Crippen LogP contribution is -2.68. The van der Waals surface area contributed by atoms with E-state index >= 15 is 0 Å². The van der Waals surface area contributed by atoms with Gasteiger partial charge in [-0.2, -0.15) is 0 Å². The fourth-order valence-electron chi connectivity index (χ4n) is 1.77. The Bertz CT molecular complexity index is 457. The molecule has 5 nitrogen and oxygen atoms in total. The van der Waals surface area contributed by atoms with Crippen LogP contribution in [0.2, 0.25) is 0 Å². The minimum absolute atomic E-state index is 0.266.